The normalized spacial score (nSPS) is 16.3. The molecule has 1 aromatic carbocycles. The average Bonchev–Trinajstić information content (AvgIpc) is 2.79. The van der Waals surface area contributed by atoms with Crippen LogP contribution in [0.5, 0.6) is 5.75 Å². The first-order valence-corrected chi connectivity index (χ1v) is 11.5. The van der Waals surface area contributed by atoms with E-state index >= 15 is 0 Å². The van der Waals surface area contributed by atoms with Gasteiger partial charge in [-0.1, -0.05) is 32.4 Å². The fourth-order valence-corrected chi connectivity index (χ4v) is 3.30. The first kappa shape index (κ1) is 29.2. The van der Waals surface area contributed by atoms with E-state index in [1.54, 1.807) is 19.1 Å². The van der Waals surface area contributed by atoms with Crippen LogP contribution >= 0.6 is 12.6 Å². The summed E-state index contributed by atoms with van der Waals surface area (Å²) in [5, 5.41) is 35.3. The summed E-state index contributed by atoms with van der Waals surface area (Å²) in [6, 6.07) is 1.49. The van der Waals surface area contributed by atoms with Crippen molar-refractivity contribution < 1.29 is 34.5 Å². The second-order valence-corrected chi connectivity index (χ2v) is 8.52. The van der Waals surface area contributed by atoms with Gasteiger partial charge in [-0.2, -0.15) is 12.6 Å². The lowest BCUT2D eigenvalue weighted by Gasteiger charge is -2.27. The van der Waals surface area contributed by atoms with Gasteiger partial charge in [0.15, 0.2) is 6.04 Å². The van der Waals surface area contributed by atoms with Crippen molar-refractivity contribution in [3.8, 4) is 5.75 Å². The van der Waals surface area contributed by atoms with E-state index in [1.807, 2.05) is 6.92 Å². The van der Waals surface area contributed by atoms with Crippen LogP contribution in [0.15, 0.2) is 24.3 Å². The maximum Gasteiger partial charge on any atom is 0.328 e. The topological polar surface area (TPSA) is 191 Å². The number of carboxylic acids is 1. The molecule has 190 valence electrons. The molecule has 0 saturated heterocycles. The summed E-state index contributed by atoms with van der Waals surface area (Å²) in [5.41, 5.74) is 6.73. The maximum atomic E-state index is 13.0. The number of aliphatic hydroxyl groups is 1. The van der Waals surface area contributed by atoms with Crippen LogP contribution in [0.3, 0.4) is 0 Å². The molecule has 0 radical (unpaired) electrons. The van der Waals surface area contributed by atoms with Crippen LogP contribution in [-0.2, 0) is 25.6 Å². The Morgan fingerprint density at radius 1 is 0.971 bits per heavy atom. The summed E-state index contributed by atoms with van der Waals surface area (Å²) in [5.74, 6) is -3.86. The van der Waals surface area contributed by atoms with Crippen molar-refractivity contribution in [2.45, 2.75) is 63.9 Å². The number of amides is 3. The van der Waals surface area contributed by atoms with Crippen LogP contribution in [0.2, 0.25) is 0 Å². The van der Waals surface area contributed by atoms with E-state index in [4.69, 9.17) is 10.8 Å². The van der Waals surface area contributed by atoms with Gasteiger partial charge in [0.2, 0.25) is 17.7 Å². The number of aliphatic carboxylic acids is 1. The molecule has 3 amide bonds. The summed E-state index contributed by atoms with van der Waals surface area (Å²) in [6.45, 7) is 4.79. The van der Waals surface area contributed by atoms with Gasteiger partial charge >= 0.3 is 5.97 Å². The zero-order chi connectivity index (χ0) is 26.0. The third kappa shape index (κ3) is 8.84. The lowest BCUT2D eigenvalue weighted by Crippen LogP contribution is -2.60. The fraction of sp³-hybridized carbons (Fsp3) is 0.545. The van der Waals surface area contributed by atoms with Gasteiger partial charge in [0.1, 0.15) is 17.8 Å². The number of benzene rings is 1. The predicted molar refractivity (Wildman–Crippen MR) is 128 cm³/mol. The Balaban J connectivity index is 2.88. The number of rotatable bonds is 13. The van der Waals surface area contributed by atoms with Gasteiger partial charge in [-0.15, -0.1) is 0 Å². The lowest BCUT2D eigenvalue weighted by atomic mass is 9.97. The van der Waals surface area contributed by atoms with Crippen molar-refractivity contribution in [2.24, 2.45) is 11.7 Å². The number of phenolic OH excluding ortho intramolecular Hbond substituents is 1. The molecule has 11 nitrogen and oxygen atoms in total. The second-order valence-electron chi connectivity index (χ2n) is 8.16. The molecule has 0 fully saturated rings. The van der Waals surface area contributed by atoms with Crippen LogP contribution in [-0.4, -0.2) is 75.0 Å². The SMILES string of the molecule is CCC(C)C(NC(=O)C(N)Cc1ccc(O)cc1)C(=O)NC(CS)C(=O)NC(C(=O)O)C(C)O. The maximum absolute atomic E-state index is 13.0. The van der Waals surface area contributed by atoms with E-state index in [-0.39, 0.29) is 23.8 Å². The second kappa shape index (κ2) is 13.8. The largest absolute Gasteiger partial charge is 0.508 e. The number of nitrogens with one attached hydrogen (secondary N) is 3. The Morgan fingerprint density at radius 3 is 2.00 bits per heavy atom. The molecule has 1 aromatic rings. The van der Waals surface area contributed by atoms with E-state index in [9.17, 15) is 29.4 Å². The fourth-order valence-electron chi connectivity index (χ4n) is 3.04. The van der Waals surface area contributed by atoms with Crippen LogP contribution < -0.4 is 21.7 Å². The molecule has 6 atom stereocenters. The van der Waals surface area contributed by atoms with E-state index in [0.29, 0.717) is 6.42 Å². The zero-order valence-electron chi connectivity index (χ0n) is 19.4. The van der Waals surface area contributed by atoms with Gasteiger partial charge in [-0.25, -0.2) is 4.79 Å². The van der Waals surface area contributed by atoms with E-state index in [1.165, 1.54) is 19.1 Å². The first-order valence-electron chi connectivity index (χ1n) is 10.9. The minimum absolute atomic E-state index is 0.0844. The van der Waals surface area contributed by atoms with Crippen molar-refractivity contribution in [1.82, 2.24) is 16.0 Å². The van der Waals surface area contributed by atoms with Gasteiger partial charge in [-0.3, -0.25) is 14.4 Å². The summed E-state index contributed by atoms with van der Waals surface area (Å²) in [6.07, 6.45) is -0.648. The molecule has 12 heteroatoms. The van der Waals surface area contributed by atoms with Crippen LogP contribution in [0.4, 0.5) is 0 Å². The Morgan fingerprint density at radius 2 is 1.53 bits per heavy atom. The molecule has 8 N–H and O–H groups in total. The molecule has 0 aliphatic carbocycles. The molecule has 0 bridgehead atoms. The monoisotopic (exact) mass is 498 g/mol. The third-order valence-corrected chi connectivity index (χ3v) is 5.75. The lowest BCUT2D eigenvalue weighted by molar-refractivity contribution is -0.145. The zero-order valence-corrected chi connectivity index (χ0v) is 20.3. The Hall–Kier alpha value is -2.83. The number of nitrogens with two attached hydrogens (primary N) is 1. The van der Waals surface area contributed by atoms with E-state index in [2.05, 4.69) is 28.6 Å². The van der Waals surface area contributed by atoms with Crippen molar-refractivity contribution in [3.05, 3.63) is 29.8 Å². The smallest absolute Gasteiger partial charge is 0.328 e. The van der Waals surface area contributed by atoms with E-state index in [0.717, 1.165) is 5.56 Å². The quantitative estimate of drug-likeness (QED) is 0.161. The predicted octanol–water partition coefficient (Wildman–Crippen LogP) is -0.842. The number of carboxylic acid groups (broad SMARTS) is 1. The summed E-state index contributed by atoms with van der Waals surface area (Å²) in [4.78, 5) is 49.3. The minimum Gasteiger partial charge on any atom is -0.508 e. The summed E-state index contributed by atoms with van der Waals surface area (Å²) in [7, 11) is 0. The molecule has 6 unspecified atom stereocenters. The number of hydrogen-bond acceptors (Lipinski definition) is 8. The molecule has 0 spiro atoms. The van der Waals surface area contributed by atoms with Gasteiger partial charge in [-0.05, 0) is 37.0 Å². The highest BCUT2D eigenvalue weighted by Gasteiger charge is 2.33. The third-order valence-electron chi connectivity index (χ3n) is 5.38. The van der Waals surface area contributed by atoms with Crippen molar-refractivity contribution in [1.29, 1.82) is 0 Å². The molecule has 34 heavy (non-hydrogen) atoms. The van der Waals surface area contributed by atoms with Gasteiger partial charge in [0, 0.05) is 5.75 Å². The standard InChI is InChI=1S/C22H34N4O7S/c1-4-11(2)17(25-19(29)15(23)9-13-5-7-14(28)8-6-13)21(31)24-16(10-34)20(30)26-18(12(3)27)22(32)33/h5-8,11-12,15-18,27-28,34H,4,9-10,23H2,1-3H3,(H,24,31)(H,25,29)(H,26,30)(H,32,33). The van der Waals surface area contributed by atoms with Gasteiger partial charge < -0.3 is 37.0 Å². The van der Waals surface area contributed by atoms with Gasteiger partial charge in [0.05, 0.1) is 12.1 Å². The molecule has 0 aromatic heterocycles. The Kier molecular flexibility index (Phi) is 11.8. The van der Waals surface area contributed by atoms with Crippen LogP contribution in [0.1, 0.15) is 32.8 Å². The van der Waals surface area contributed by atoms with Crippen molar-refractivity contribution in [3.63, 3.8) is 0 Å². The number of thiol groups is 1. The Labute approximate surface area is 203 Å². The van der Waals surface area contributed by atoms with Crippen LogP contribution in [0.25, 0.3) is 0 Å². The highest BCUT2D eigenvalue weighted by Crippen LogP contribution is 2.12. The molecule has 0 saturated carbocycles. The average molecular weight is 499 g/mol. The molecule has 0 aliphatic rings. The van der Waals surface area contributed by atoms with Crippen molar-refractivity contribution in [2.75, 3.05) is 5.75 Å². The first-order chi connectivity index (χ1) is 15.9. The Bertz CT molecular complexity index is 850. The highest BCUT2D eigenvalue weighted by molar-refractivity contribution is 7.80. The number of hydrogen-bond donors (Lipinski definition) is 8. The molecular weight excluding hydrogens is 464 g/mol. The number of phenols is 1. The summed E-state index contributed by atoms with van der Waals surface area (Å²) >= 11 is 4.05. The van der Waals surface area contributed by atoms with E-state index < -0.39 is 54.0 Å². The van der Waals surface area contributed by atoms with Crippen molar-refractivity contribution >= 4 is 36.3 Å². The highest BCUT2D eigenvalue weighted by atomic mass is 32.1. The molecule has 0 heterocycles. The van der Waals surface area contributed by atoms with Gasteiger partial charge in [0.25, 0.3) is 0 Å². The molecular formula is C22H34N4O7S. The number of aliphatic hydroxyl groups excluding tert-OH is 1. The number of aromatic hydroxyl groups is 1. The number of carbonyl (C=O) groups is 4. The number of carbonyl (C=O) groups excluding carboxylic acids is 3. The summed E-state index contributed by atoms with van der Waals surface area (Å²) < 4.78 is 0. The van der Waals surface area contributed by atoms with Crippen LogP contribution in [0, 0.1) is 5.92 Å². The minimum atomic E-state index is -1.56. The molecule has 1 rings (SSSR count). The molecule has 0 aliphatic heterocycles.